The second-order valence-electron chi connectivity index (χ2n) is 3.92. The lowest BCUT2D eigenvalue weighted by Crippen LogP contribution is -2.05. The van der Waals surface area contributed by atoms with Crippen LogP contribution in [0.4, 0.5) is 11.4 Å². The van der Waals surface area contributed by atoms with E-state index in [2.05, 4.69) is 21.2 Å². The number of hydrogen-bond donors (Lipinski definition) is 1. The van der Waals surface area contributed by atoms with Crippen LogP contribution in [0.5, 0.6) is 0 Å². The van der Waals surface area contributed by atoms with Crippen molar-refractivity contribution in [3.63, 3.8) is 0 Å². The molecule has 1 N–H and O–H groups in total. The maximum absolute atomic E-state index is 10.7. The van der Waals surface area contributed by atoms with Gasteiger partial charge in [0.1, 0.15) is 0 Å². The average molecular weight is 396 g/mol. The highest BCUT2D eigenvalue weighted by Gasteiger charge is 2.14. The van der Waals surface area contributed by atoms with Gasteiger partial charge in [-0.05, 0) is 34.5 Å². The second kappa shape index (κ2) is 6.76. The fourth-order valence-corrected chi connectivity index (χ4v) is 3.72. The summed E-state index contributed by atoms with van der Waals surface area (Å²) in [6.45, 7) is 0.643. The van der Waals surface area contributed by atoms with Crippen LogP contribution in [0.3, 0.4) is 0 Å². The Hall–Kier alpha value is -0.820. The summed E-state index contributed by atoms with van der Waals surface area (Å²) in [5.41, 5.74) is 0.405. The lowest BCUT2D eigenvalue weighted by molar-refractivity contribution is -0.384. The number of nitro benzene ring substituents is 1. The number of benzene rings is 1. The van der Waals surface area contributed by atoms with Gasteiger partial charge in [-0.15, -0.1) is 11.3 Å². The molecular formula is C12H9BrCl2N2O2S. The molecule has 1 aromatic heterocycles. The zero-order valence-corrected chi connectivity index (χ0v) is 13.9. The normalized spacial score (nSPS) is 10.6. The molecule has 0 saturated carbocycles. The lowest BCUT2D eigenvalue weighted by Gasteiger charge is -2.09. The Morgan fingerprint density at radius 1 is 1.30 bits per heavy atom. The Kier molecular flexibility index (Phi) is 5.26. The Labute approximate surface area is 138 Å². The van der Waals surface area contributed by atoms with Crippen LogP contribution in [0.25, 0.3) is 0 Å². The zero-order chi connectivity index (χ0) is 14.7. The third-order valence-corrected chi connectivity index (χ3v) is 4.82. The van der Waals surface area contributed by atoms with Gasteiger partial charge in [-0.25, -0.2) is 0 Å². The number of rotatable bonds is 5. The van der Waals surface area contributed by atoms with Gasteiger partial charge >= 0.3 is 0 Å². The smallest absolute Gasteiger partial charge is 0.272 e. The number of thiophene rings is 1. The Morgan fingerprint density at radius 2 is 1.95 bits per heavy atom. The molecular weight excluding hydrogens is 387 g/mol. The molecule has 0 amide bonds. The lowest BCUT2D eigenvalue weighted by atomic mass is 10.2. The minimum atomic E-state index is -0.523. The van der Waals surface area contributed by atoms with Crippen LogP contribution in [-0.2, 0) is 6.42 Å². The number of nitrogens with one attached hydrogen (secondary N) is 1. The van der Waals surface area contributed by atoms with Crippen molar-refractivity contribution < 1.29 is 4.92 Å². The molecule has 106 valence electrons. The van der Waals surface area contributed by atoms with E-state index in [-0.39, 0.29) is 15.7 Å². The highest BCUT2D eigenvalue weighted by Crippen LogP contribution is 2.34. The van der Waals surface area contributed by atoms with E-state index in [1.165, 1.54) is 17.0 Å². The van der Waals surface area contributed by atoms with Gasteiger partial charge in [0.25, 0.3) is 5.69 Å². The predicted molar refractivity (Wildman–Crippen MR) is 87.3 cm³/mol. The van der Waals surface area contributed by atoms with Crippen molar-refractivity contribution in [3.8, 4) is 0 Å². The van der Waals surface area contributed by atoms with Crippen LogP contribution < -0.4 is 5.32 Å². The van der Waals surface area contributed by atoms with Crippen molar-refractivity contribution in [2.24, 2.45) is 0 Å². The molecule has 0 bridgehead atoms. The fraction of sp³-hybridized carbons (Fsp3) is 0.167. The van der Waals surface area contributed by atoms with Crippen LogP contribution in [-0.4, -0.2) is 11.5 Å². The van der Waals surface area contributed by atoms with Gasteiger partial charge in [0.05, 0.1) is 24.4 Å². The third-order valence-electron chi connectivity index (χ3n) is 2.54. The first-order valence-corrected chi connectivity index (χ1v) is 7.95. The topological polar surface area (TPSA) is 55.2 Å². The molecule has 2 aromatic rings. The number of non-ortho nitro benzene ring substituents is 1. The summed E-state index contributed by atoms with van der Waals surface area (Å²) in [7, 11) is 0. The summed E-state index contributed by atoms with van der Waals surface area (Å²) in [6.07, 6.45) is 0.819. The molecule has 0 aliphatic carbocycles. The SMILES string of the molecule is O=[N+]([O-])c1cc(Cl)c(NCCc2ccc(Br)s2)c(Cl)c1. The van der Waals surface area contributed by atoms with Gasteiger partial charge in [0, 0.05) is 23.6 Å². The number of hydrogen-bond acceptors (Lipinski definition) is 4. The number of nitro groups is 1. The molecule has 0 radical (unpaired) electrons. The van der Waals surface area contributed by atoms with E-state index in [0.717, 1.165) is 10.2 Å². The van der Waals surface area contributed by atoms with Crippen LogP contribution in [0.1, 0.15) is 4.88 Å². The quantitative estimate of drug-likeness (QED) is 0.546. The van der Waals surface area contributed by atoms with Gasteiger partial charge in [-0.2, -0.15) is 0 Å². The molecule has 0 saturated heterocycles. The maximum Gasteiger partial charge on any atom is 0.272 e. The van der Waals surface area contributed by atoms with Crippen molar-refractivity contribution in [3.05, 3.63) is 53.1 Å². The molecule has 4 nitrogen and oxygen atoms in total. The number of anilines is 1. The first-order valence-electron chi connectivity index (χ1n) is 5.59. The summed E-state index contributed by atoms with van der Waals surface area (Å²) in [5.74, 6) is 0. The predicted octanol–water partition coefficient (Wildman–Crippen LogP) is 5.38. The van der Waals surface area contributed by atoms with Crippen molar-refractivity contribution >= 4 is 61.8 Å². The van der Waals surface area contributed by atoms with E-state index < -0.39 is 4.92 Å². The highest BCUT2D eigenvalue weighted by atomic mass is 79.9. The third kappa shape index (κ3) is 3.85. The number of halogens is 3. The van der Waals surface area contributed by atoms with Crippen molar-refractivity contribution in [1.82, 2.24) is 0 Å². The molecule has 0 atom stereocenters. The standard InChI is InChI=1S/C12H9BrCl2N2O2S/c13-11-2-1-8(20-11)3-4-16-12-9(14)5-7(17(18)19)6-10(12)15/h1-2,5-6,16H,3-4H2. The van der Waals surface area contributed by atoms with Gasteiger partial charge in [-0.1, -0.05) is 23.2 Å². The molecule has 20 heavy (non-hydrogen) atoms. The van der Waals surface area contributed by atoms with Gasteiger partial charge in [-0.3, -0.25) is 10.1 Å². The van der Waals surface area contributed by atoms with E-state index in [4.69, 9.17) is 23.2 Å². The van der Waals surface area contributed by atoms with Crippen molar-refractivity contribution in [1.29, 1.82) is 0 Å². The largest absolute Gasteiger partial charge is 0.382 e. The summed E-state index contributed by atoms with van der Waals surface area (Å²) in [4.78, 5) is 11.4. The van der Waals surface area contributed by atoms with E-state index >= 15 is 0 Å². The second-order valence-corrected chi connectivity index (χ2v) is 7.29. The van der Waals surface area contributed by atoms with Crippen molar-refractivity contribution in [2.45, 2.75) is 6.42 Å². The van der Waals surface area contributed by atoms with Gasteiger partial charge in [0.15, 0.2) is 0 Å². The Bertz CT molecular complexity index is 625. The molecule has 8 heteroatoms. The zero-order valence-electron chi connectivity index (χ0n) is 10.0. The summed E-state index contributed by atoms with van der Waals surface area (Å²) < 4.78 is 1.08. The maximum atomic E-state index is 10.7. The molecule has 1 heterocycles. The Balaban J connectivity index is 2.04. The molecule has 0 aliphatic rings. The molecule has 0 spiro atoms. The van der Waals surface area contributed by atoms with Crippen molar-refractivity contribution in [2.75, 3.05) is 11.9 Å². The van der Waals surface area contributed by atoms with E-state index in [9.17, 15) is 10.1 Å². The molecule has 0 fully saturated rings. The summed E-state index contributed by atoms with van der Waals surface area (Å²) in [6, 6.07) is 6.61. The monoisotopic (exact) mass is 394 g/mol. The molecule has 2 rings (SSSR count). The highest BCUT2D eigenvalue weighted by molar-refractivity contribution is 9.11. The van der Waals surface area contributed by atoms with Crippen LogP contribution in [0.15, 0.2) is 28.1 Å². The van der Waals surface area contributed by atoms with E-state index in [1.807, 2.05) is 12.1 Å². The van der Waals surface area contributed by atoms with E-state index in [0.29, 0.717) is 12.2 Å². The molecule has 1 aromatic carbocycles. The van der Waals surface area contributed by atoms with Crippen LogP contribution in [0, 0.1) is 10.1 Å². The van der Waals surface area contributed by atoms with Gasteiger partial charge < -0.3 is 5.32 Å². The van der Waals surface area contributed by atoms with E-state index in [1.54, 1.807) is 11.3 Å². The first kappa shape index (κ1) is 15.6. The molecule has 0 unspecified atom stereocenters. The van der Waals surface area contributed by atoms with Crippen LogP contribution >= 0.6 is 50.5 Å². The summed E-state index contributed by atoms with van der Waals surface area (Å²) in [5, 5.41) is 14.3. The minimum absolute atomic E-state index is 0.118. The minimum Gasteiger partial charge on any atom is -0.382 e. The Morgan fingerprint density at radius 3 is 2.45 bits per heavy atom. The average Bonchev–Trinajstić information content (AvgIpc) is 2.78. The summed E-state index contributed by atoms with van der Waals surface area (Å²) >= 11 is 17.1. The molecule has 0 aliphatic heterocycles. The van der Waals surface area contributed by atoms with Gasteiger partial charge in [0.2, 0.25) is 0 Å². The first-order chi connectivity index (χ1) is 9.47. The van der Waals surface area contributed by atoms with Crippen LogP contribution in [0.2, 0.25) is 10.0 Å². The number of nitrogens with zero attached hydrogens (tertiary/aromatic N) is 1. The fourth-order valence-electron chi connectivity index (χ4n) is 1.63.